The zero-order chi connectivity index (χ0) is 15.5. The Hall–Kier alpha value is -2.20. The van der Waals surface area contributed by atoms with Crippen molar-refractivity contribution in [3.05, 3.63) is 64.2 Å². The van der Waals surface area contributed by atoms with Gasteiger partial charge in [-0.1, -0.05) is 30.3 Å². The van der Waals surface area contributed by atoms with Crippen molar-refractivity contribution < 1.29 is 4.79 Å². The van der Waals surface area contributed by atoms with Crippen molar-refractivity contribution in [3.8, 4) is 0 Å². The van der Waals surface area contributed by atoms with E-state index in [1.165, 1.54) is 11.1 Å². The number of nitrogens with one attached hydrogen (secondary N) is 1. The smallest absolute Gasteiger partial charge is 0.224 e. The lowest BCUT2D eigenvalue weighted by Gasteiger charge is -2.06. The molecule has 1 heterocycles. The van der Waals surface area contributed by atoms with Crippen LogP contribution in [-0.2, 0) is 17.8 Å². The third-order valence-corrected chi connectivity index (χ3v) is 4.75. The Morgan fingerprint density at radius 3 is 2.73 bits per heavy atom. The van der Waals surface area contributed by atoms with Crippen molar-refractivity contribution in [3.63, 3.8) is 0 Å². The van der Waals surface area contributed by atoms with Crippen LogP contribution in [-0.4, -0.2) is 10.9 Å². The molecule has 0 aliphatic rings. The normalized spacial score (nSPS) is 10.8. The SMILES string of the molecule is Cc1ccc(CC(=O)NCc2nc3ccccc3s2)cc1C. The van der Waals surface area contributed by atoms with E-state index in [2.05, 4.69) is 36.3 Å². The minimum atomic E-state index is 0.0301. The summed E-state index contributed by atoms with van der Waals surface area (Å²) in [5.74, 6) is 0.0301. The van der Waals surface area contributed by atoms with E-state index in [4.69, 9.17) is 0 Å². The van der Waals surface area contributed by atoms with Crippen LogP contribution in [0.1, 0.15) is 21.7 Å². The number of fused-ring (bicyclic) bond motifs is 1. The Balaban J connectivity index is 1.60. The molecule has 0 spiro atoms. The topological polar surface area (TPSA) is 42.0 Å². The molecule has 0 fully saturated rings. The lowest BCUT2D eigenvalue weighted by atomic mass is 10.0. The summed E-state index contributed by atoms with van der Waals surface area (Å²) in [7, 11) is 0. The Labute approximate surface area is 134 Å². The van der Waals surface area contributed by atoms with Gasteiger partial charge in [-0.3, -0.25) is 4.79 Å². The summed E-state index contributed by atoms with van der Waals surface area (Å²) in [5, 5.41) is 3.89. The average Bonchev–Trinajstić information content (AvgIpc) is 2.92. The Morgan fingerprint density at radius 1 is 1.14 bits per heavy atom. The van der Waals surface area contributed by atoms with Crippen LogP contribution in [0.5, 0.6) is 0 Å². The van der Waals surface area contributed by atoms with Crippen molar-refractivity contribution in [1.29, 1.82) is 0 Å². The number of thiazole rings is 1. The molecule has 1 amide bonds. The number of benzene rings is 2. The van der Waals surface area contributed by atoms with E-state index in [1.807, 2.05) is 30.3 Å². The van der Waals surface area contributed by atoms with Gasteiger partial charge in [0.25, 0.3) is 0 Å². The molecule has 0 atom stereocenters. The number of aryl methyl sites for hydroxylation is 2. The fourth-order valence-corrected chi connectivity index (χ4v) is 3.24. The van der Waals surface area contributed by atoms with E-state index < -0.39 is 0 Å². The average molecular weight is 310 g/mol. The van der Waals surface area contributed by atoms with Gasteiger partial charge in [-0.15, -0.1) is 11.3 Å². The second-order valence-corrected chi connectivity index (χ2v) is 6.56. The monoisotopic (exact) mass is 310 g/mol. The summed E-state index contributed by atoms with van der Waals surface area (Å²) < 4.78 is 1.15. The highest BCUT2D eigenvalue weighted by Gasteiger charge is 2.07. The second kappa shape index (κ2) is 6.28. The first-order valence-corrected chi connectivity index (χ1v) is 8.11. The van der Waals surface area contributed by atoms with E-state index in [1.54, 1.807) is 11.3 Å². The first kappa shape index (κ1) is 14.7. The van der Waals surface area contributed by atoms with Gasteiger partial charge in [-0.05, 0) is 42.7 Å². The molecule has 4 heteroatoms. The Morgan fingerprint density at radius 2 is 1.95 bits per heavy atom. The molecule has 3 aromatic rings. The van der Waals surface area contributed by atoms with E-state index in [9.17, 15) is 4.79 Å². The second-order valence-electron chi connectivity index (χ2n) is 5.45. The Bertz CT molecular complexity index is 790. The molecule has 2 aromatic carbocycles. The highest BCUT2D eigenvalue weighted by atomic mass is 32.1. The molecule has 3 nitrogen and oxygen atoms in total. The van der Waals surface area contributed by atoms with Crippen LogP contribution in [0.2, 0.25) is 0 Å². The molecule has 0 saturated carbocycles. The van der Waals surface area contributed by atoms with Crippen LogP contribution in [0.4, 0.5) is 0 Å². The molecule has 1 aromatic heterocycles. The molecular weight excluding hydrogens is 292 g/mol. The minimum absolute atomic E-state index is 0.0301. The van der Waals surface area contributed by atoms with Gasteiger partial charge in [0.2, 0.25) is 5.91 Å². The van der Waals surface area contributed by atoms with Crippen molar-refractivity contribution in [2.45, 2.75) is 26.8 Å². The third kappa shape index (κ3) is 3.34. The highest BCUT2D eigenvalue weighted by molar-refractivity contribution is 7.18. The maximum atomic E-state index is 12.1. The van der Waals surface area contributed by atoms with Crippen LogP contribution in [0.25, 0.3) is 10.2 Å². The van der Waals surface area contributed by atoms with Gasteiger partial charge in [0.05, 0.1) is 23.2 Å². The highest BCUT2D eigenvalue weighted by Crippen LogP contribution is 2.21. The van der Waals surface area contributed by atoms with Crippen molar-refractivity contribution in [1.82, 2.24) is 10.3 Å². The minimum Gasteiger partial charge on any atom is -0.349 e. The summed E-state index contributed by atoms with van der Waals surface area (Å²) in [6.45, 7) is 4.63. The lowest BCUT2D eigenvalue weighted by Crippen LogP contribution is -2.24. The molecule has 0 radical (unpaired) electrons. The molecule has 0 aliphatic carbocycles. The fourth-order valence-electron chi connectivity index (χ4n) is 2.33. The number of amides is 1. The van der Waals surface area contributed by atoms with E-state index >= 15 is 0 Å². The summed E-state index contributed by atoms with van der Waals surface area (Å²) in [4.78, 5) is 16.6. The van der Waals surface area contributed by atoms with Gasteiger partial charge in [-0.25, -0.2) is 4.98 Å². The summed E-state index contributed by atoms with van der Waals surface area (Å²) in [6, 6.07) is 14.2. The maximum Gasteiger partial charge on any atom is 0.224 e. The fraction of sp³-hybridized carbons (Fsp3) is 0.222. The molecule has 112 valence electrons. The van der Waals surface area contributed by atoms with E-state index in [0.717, 1.165) is 20.8 Å². The van der Waals surface area contributed by atoms with E-state index in [-0.39, 0.29) is 5.91 Å². The zero-order valence-corrected chi connectivity index (χ0v) is 13.5. The molecule has 22 heavy (non-hydrogen) atoms. The summed E-state index contributed by atoms with van der Waals surface area (Å²) >= 11 is 1.62. The molecular formula is C18H18N2OS. The number of nitrogens with zero attached hydrogens (tertiary/aromatic N) is 1. The Kier molecular flexibility index (Phi) is 4.20. The van der Waals surface area contributed by atoms with Gasteiger partial charge in [0.15, 0.2) is 0 Å². The van der Waals surface area contributed by atoms with Crippen molar-refractivity contribution in [2.75, 3.05) is 0 Å². The van der Waals surface area contributed by atoms with Crippen LogP contribution in [0.3, 0.4) is 0 Å². The number of carbonyl (C=O) groups excluding carboxylic acids is 1. The van der Waals surface area contributed by atoms with Crippen LogP contribution in [0, 0.1) is 13.8 Å². The van der Waals surface area contributed by atoms with Crippen LogP contribution in [0.15, 0.2) is 42.5 Å². The number of hydrogen-bond donors (Lipinski definition) is 1. The number of hydrogen-bond acceptors (Lipinski definition) is 3. The van der Waals surface area contributed by atoms with Crippen molar-refractivity contribution in [2.24, 2.45) is 0 Å². The van der Waals surface area contributed by atoms with Crippen molar-refractivity contribution >= 4 is 27.5 Å². The number of carbonyl (C=O) groups is 1. The standard InChI is InChI=1S/C18H18N2OS/c1-12-7-8-14(9-13(12)2)10-17(21)19-11-18-20-15-5-3-4-6-16(15)22-18/h3-9H,10-11H2,1-2H3,(H,19,21). The third-order valence-electron chi connectivity index (χ3n) is 3.71. The molecule has 0 saturated heterocycles. The zero-order valence-electron chi connectivity index (χ0n) is 12.7. The molecule has 0 aliphatic heterocycles. The first-order chi connectivity index (χ1) is 10.6. The largest absolute Gasteiger partial charge is 0.349 e. The number of aromatic nitrogens is 1. The van der Waals surface area contributed by atoms with Gasteiger partial charge in [0.1, 0.15) is 5.01 Å². The van der Waals surface area contributed by atoms with Crippen LogP contribution < -0.4 is 5.32 Å². The maximum absolute atomic E-state index is 12.1. The first-order valence-electron chi connectivity index (χ1n) is 7.29. The molecule has 0 bridgehead atoms. The predicted octanol–water partition coefficient (Wildman–Crippen LogP) is 3.77. The molecule has 1 N–H and O–H groups in total. The van der Waals surface area contributed by atoms with E-state index in [0.29, 0.717) is 13.0 Å². The predicted molar refractivity (Wildman–Crippen MR) is 91.1 cm³/mol. The van der Waals surface area contributed by atoms with Gasteiger partial charge in [0, 0.05) is 0 Å². The number of rotatable bonds is 4. The van der Waals surface area contributed by atoms with Gasteiger partial charge >= 0.3 is 0 Å². The number of para-hydroxylation sites is 1. The lowest BCUT2D eigenvalue weighted by molar-refractivity contribution is -0.120. The van der Waals surface area contributed by atoms with Gasteiger partial charge in [-0.2, -0.15) is 0 Å². The molecule has 0 unspecified atom stereocenters. The summed E-state index contributed by atoms with van der Waals surface area (Å²) in [5.41, 5.74) is 4.51. The molecule has 3 rings (SSSR count). The quantitative estimate of drug-likeness (QED) is 0.797. The van der Waals surface area contributed by atoms with Gasteiger partial charge < -0.3 is 5.32 Å². The van der Waals surface area contributed by atoms with Crippen LogP contribution >= 0.6 is 11.3 Å². The summed E-state index contributed by atoms with van der Waals surface area (Å²) in [6.07, 6.45) is 0.409.